The number of ketones is 1. The van der Waals surface area contributed by atoms with Gasteiger partial charge in [-0.25, -0.2) is 0 Å². The van der Waals surface area contributed by atoms with Crippen molar-refractivity contribution in [3.8, 4) is 0 Å². The van der Waals surface area contributed by atoms with E-state index in [1.165, 1.54) is 25.7 Å². The molecule has 3 aliphatic heterocycles. The van der Waals surface area contributed by atoms with Crippen LogP contribution in [0.15, 0.2) is 0 Å². The Kier molecular flexibility index (Phi) is 7.48. The first-order valence-corrected chi connectivity index (χ1v) is 13.9. The molecule has 0 radical (unpaired) electrons. The lowest BCUT2D eigenvalue weighted by Crippen LogP contribution is -2.62. The van der Waals surface area contributed by atoms with Gasteiger partial charge >= 0.3 is 12.1 Å². The summed E-state index contributed by atoms with van der Waals surface area (Å²) in [7, 11) is 0. The lowest BCUT2D eigenvalue weighted by Gasteiger charge is -2.42. The number of carbonyl (C=O) groups excluding carboxylic acids is 6. The second kappa shape index (κ2) is 9.97. The number of nitrogens with one attached hydrogen (secondary N) is 2. The average molecular weight is 586 g/mol. The van der Waals surface area contributed by atoms with Crippen LogP contribution < -0.4 is 16.4 Å². The molecule has 3 heterocycles. The van der Waals surface area contributed by atoms with E-state index in [1.807, 2.05) is 0 Å². The van der Waals surface area contributed by atoms with Crippen LogP contribution in [0.3, 0.4) is 0 Å². The highest BCUT2D eigenvalue weighted by Gasteiger charge is 2.84. The number of hydrogen-bond acceptors (Lipinski definition) is 6. The van der Waals surface area contributed by atoms with Crippen molar-refractivity contribution < 1.29 is 41.9 Å². The van der Waals surface area contributed by atoms with Crippen LogP contribution in [0.25, 0.3) is 0 Å². The van der Waals surface area contributed by atoms with Crippen molar-refractivity contribution in [2.24, 2.45) is 39.7 Å². The number of amides is 5. The lowest BCUT2D eigenvalue weighted by atomic mass is 9.70. The molecule has 14 heteroatoms. The molecule has 228 valence electrons. The average Bonchev–Trinajstić information content (AvgIpc) is 3.16. The van der Waals surface area contributed by atoms with Crippen LogP contribution in [0.5, 0.6) is 0 Å². The van der Waals surface area contributed by atoms with Crippen molar-refractivity contribution in [2.45, 2.75) is 72.1 Å². The number of rotatable bonds is 8. The number of likely N-dealkylation sites (tertiary alicyclic amines) is 2. The molecular formula is C27H38F3N5O6. The summed E-state index contributed by atoms with van der Waals surface area (Å²) < 4.78 is 39.5. The molecule has 0 aromatic carbocycles. The van der Waals surface area contributed by atoms with E-state index in [1.54, 1.807) is 19.2 Å². The first-order chi connectivity index (χ1) is 18.8. The highest BCUT2D eigenvalue weighted by Crippen LogP contribution is 2.79. The van der Waals surface area contributed by atoms with Crippen LogP contribution in [0.1, 0.15) is 53.9 Å². The molecule has 4 fully saturated rings. The van der Waals surface area contributed by atoms with E-state index in [2.05, 4.69) is 5.32 Å². The zero-order valence-corrected chi connectivity index (χ0v) is 23.9. The number of alkyl halides is 3. The maximum atomic E-state index is 13.9. The molecule has 11 nitrogen and oxygen atoms in total. The maximum Gasteiger partial charge on any atom is 0.471 e. The molecule has 1 aliphatic carbocycles. The zero-order chi connectivity index (χ0) is 30.9. The SMILES string of the molecule is CC(C)(C)[C@H](NC(=O)C(F)(F)F)C(=O)N1CC2C(C)(C)C2([C@H](C[C@H]2CCNC2=O)C(=O)C(=O)N2CCC2)C1C(N)=O. The number of Topliss-reactive ketones (excluding diaryl/α,β-unsaturated/α-hetero) is 1. The molecule has 6 atom stereocenters. The van der Waals surface area contributed by atoms with Crippen LogP contribution in [-0.4, -0.2) is 89.6 Å². The molecule has 0 bridgehead atoms. The van der Waals surface area contributed by atoms with Crippen molar-refractivity contribution in [1.82, 2.24) is 20.4 Å². The van der Waals surface area contributed by atoms with Crippen LogP contribution in [0.4, 0.5) is 13.2 Å². The van der Waals surface area contributed by atoms with E-state index in [0.717, 1.165) is 11.3 Å². The van der Waals surface area contributed by atoms with Gasteiger partial charge in [0.1, 0.15) is 12.1 Å². The van der Waals surface area contributed by atoms with Gasteiger partial charge < -0.3 is 26.2 Å². The second-order valence-corrected chi connectivity index (χ2v) is 13.3. The Morgan fingerprint density at radius 1 is 1.12 bits per heavy atom. The van der Waals surface area contributed by atoms with Gasteiger partial charge in [-0.15, -0.1) is 0 Å². The topological polar surface area (TPSA) is 159 Å². The van der Waals surface area contributed by atoms with Crippen LogP contribution in [0.2, 0.25) is 0 Å². The lowest BCUT2D eigenvalue weighted by molar-refractivity contribution is -0.176. The molecule has 1 saturated carbocycles. The van der Waals surface area contributed by atoms with Gasteiger partial charge in [0, 0.05) is 43.4 Å². The smallest absolute Gasteiger partial charge is 0.368 e. The molecular weight excluding hydrogens is 547 g/mol. The first kappa shape index (κ1) is 30.8. The molecule has 4 N–H and O–H groups in total. The molecule has 0 aromatic rings. The van der Waals surface area contributed by atoms with Crippen LogP contribution >= 0.6 is 0 Å². The van der Waals surface area contributed by atoms with Crippen molar-refractivity contribution in [1.29, 1.82) is 0 Å². The minimum absolute atomic E-state index is 0.0382. The normalized spacial score (nSPS) is 30.0. The number of piperidine rings is 1. The molecule has 0 aromatic heterocycles. The summed E-state index contributed by atoms with van der Waals surface area (Å²) in [4.78, 5) is 81.1. The zero-order valence-electron chi connectivity index (χ0n) is 23.9. The number of primary amides is 1. The number of halogens is 3. The van der Waals surface area contributed by atoms with Gasteiger partial charge in [-0.2, -0.15) is 13.2 Å². The van der Waals surface area contributed by atoms with E-state index >= 15 is 0 Å². The minimum atomic E-state index is -5.25. The fraction of sp³-hybridized carbons (Fsp3) is 0.778. The molecule has 4 rings (SSSR count). The summed E-state index contributed by atoms with van der Waals surface area (Å²) >= 11 is 0. The van der Waals surface area contributed by atoms with Gasteiger partial charge in [0.05, 0.1) is 0 Å². The number of hydrogen-bond donors (Lipinski definition) is 3. The van der Waals surface area contributed by atoms with Crippen molar-refractivity contribution >= 4 is 35.3 Å². The molecule has 3 unspecified atom stereocenters. The van der Waals surface area contributed by atoms with Gasteiger partial charge in [0.15, 0.2) is 0 Å². The van der Waals surface area contributed by atoms with Gasteiger partial charge in [-0.1, -0.05) is 34.6 Å². The van der Waals surface area contributed by atoms with E-state index < -0.39 is 81.7 Å². The summed E-state index contributed by atoms with van der Waals surface area (Å²) in [5, 5.41) is 4.49. The fourth-order valence-electron chi connectivity index (χ4n) is 7.44. The third-order valence-electron chi connectivity index (χ3n) is 9.75. The third-order valence-corrected chi connectivity index (χ3v) is 9.75. The summed E-state index contributed by atoms with van der Waals surface area (Å²) in [6, 6.07) is -3.13. The van der Waals surface area contributed by atoms with Gasteiger partial charge in [0.2, 0.25) is 23.5 Å². The van der Waals surface area contributed by atoms with Crippen LogP contribution in [-0.2, 0) is 28.8 Å². The Morgan fingerprint density at radius 2 is 1.73 bits per heavy atom. The summed E-state index contributed by atoms with van der Waals surface area (Å²) in [6.07, 6.45) is -4.14. The van der Waals surface area contributed by atoms with Gasteiger partial charge in [0.25, 0.3) is 5.91 Å². The van der Waals surface area contributed by atoms with E-state index in [4.69, 9.17) is 5.73 Å². The third kappa shape index (κ3) is 4.86. The number of fused-ring (bicyclic) bond motifs is 1. The minimum Gasteiger partial charge on any atom is -0.368 e. The fourth-order valence-corrected chi connectivity index (χ4v) is 7.44. The Balaban J connectivity index is 1.76. The van der Waals surface area contributed by atoms with E-state index in [9.17, 15) is 41.9 Å². The molecule has 0 spiro atoms. The van der Waals surface area contributed by atoms with Crippen molar-refractivity contribution in [3.05, 3.63) is 0 Å². The van der Waals surface area contributed by atoms with E-state index in [-0.39, 0.29) is 18.9 Å². The predicted molar refractivity (Wildman–Crippen MR) is 137 cm³/mol. The van der Waals surface area contributed by atoms with Crippen molar-refractivity contribution in [2.75, 3.05) is 26.2 Å². The van der Waals surface area contributed by atoms with Crippen LogP contribution in [0, 0.1) is 34.0 Å². The summed E-state index contributed by atoms with van der Waals surface area (Å²) in [5.74, 6) is -8.27. The summed E-state index contributed by atoms with van der Waals surface area (Å²) in [5.41, 5.74) is 2.59. The predicted octanol–water partition coefficient (Wildman–Crippen LogP) is 0.362. The molecule has 3 saturated heterocycles. The molecule has 5 amide bonds. The van der Waals surface area contributed by atoms with Gasteiger partial charge in [-0.05, 0) is 36.0 Å². The largest absolute Gasteiger partial charge is 0.471 e. The standard InChI is InChI=1S/C27H38F3N5O6/c1-24(2,3)17(33-23(41)27(28,29)30)22(40)35-12-15-25(4,5)26(15,18(35)19(31)37)14(11-13-7-8-32-20(13)38)16(36)21(39)34-9-6-10-34/h13-15,17-18H,6-12H2,1-5H3,(H2,31,37)(H,32,38)(H,33,41)/t13-,14-,15?,17-,18?,26?/m1/s1. The van der Waals surface area contributed by atoms with Crippen molar-refractivity contribution in [3.63, 3.8) is 0 Å². The highest BCUT2D eigenvalue weighted by molar-refractivity contribution is 6.37. The second-order valence-electron chi connectivity index (χ2n) is 13.3. The van der Waals surface area contributed by atoms with E-state index in [0.29, 0.717) is 26.1 Å². The molecule has 41 heavy (non-hydrogen) atoms. The number of nitrogens with two attached hydrogens (primary N) is 1. The Bertz CT molecular complexity index is 1180. The number of carbonyl (C=O) groups is 6. The quantitative estimate of drug-likeness (QED) is 0.349. The number of nitrogens with zero attached hydrogens (tertiary/aromatic N) is 2. The summed E-state index contributed by atoms with van der Waals surface area (Å²) in [6.45, 7) is 9.08. The maximum absolute atomic E-state index is 13.9. The highest BCUT2D eigenvalue weighted by atomic mass is 19.4. The Hall–Kier alpha value is -3.19. The molecule has 4 aliphatic rings. The van der Waals surface area contributed by atoms with Gasteiger partial charge in [-0.3, -0.25) is 28.8 Å². The Morgan fingerprint density at radius 3 is 2.17 bits per heavy atom. The first-order valence-electron chi connectivity index (χ1n) is 13.9. The Labute approximate surface area is 236 Å². The monoisotopic (exact) mass is 585 g/mol.